The molecule has 3 nitrogen and oxygen atoms in total. The molecule has 0 bridgehead atoms. The molecular weight excluding hydrogens is 222 g/mol. The van der Waals surface area contributed by atoms with Crippen molar-refractivity contribution >= 4 is 23.1 Å². The van der Waals surface area contributed by atoms with Gasteiger partial charge in [0.15, 0.2) is 5.78 Å². The van der Waals surface area contributed by atoms with Crippen LogP contribution in [-0.2, 0) is 0 Å². The smallest absolute Gasteiger partial charge is 0.204 e. The van der Waals surface area contributed by atoms with Gasteiger partial charge in [0.1, 0.15) is 5.69 Å². The summed E-state index contributed by atoms with van der Waals surface area (Å²) >= 11 is 1.06. The molecule has 0 unspecified atom stereocenters. The number of nitrogens with zero attached hydrogens (tertiary/aromatic N) is 1. The number of aromatic nitrogens is 1. The minimum absolute atomic E-state index is 0.0920. The second-order valence-electron chi connectivity index (χ2n) is 3.33. The summed E-state index contributed by atoms with van der Waals surface area (Å²) in [5, 5.41) is 0. The lowest BCUT2D eigenvalue weighted by atomic mass is 10.1. The van der Waals surface area contributed by atoms with Gasteiger partial charge in [0.05, 0.1) is 4.88 Å². The molecule has 0 atom stereocenters. The fourth-order valence-corrected chi connectivity index (χ4v) is 2.02. The Morgan fingerprint density at radius 2 is 1.88 bits per heavy atom. The summed E-state index contributed by atoms with van der Waals surface area (Å²) in [6, 6.07) is 10.5. The van der Waals surface area contributed by atoms with Crippen molar-refractivity contribution in [1.82, 2.24) is 4.37 Å². The van der Waals surface area contributed by atoms with E-state index in [0.717, 1.165) is 11.5 Å². The minimum Gasteiger partial charge on any atom is -0.293 e. The van der Waals surface area contributed by atoms with Crippen LogP contribution >= 0.6 is 11.5 Å². The Morgan fingerprint density at radius 3 is 2.44 bits per heavy atom. The Morgan fingerprint density at radius 1 is 1.19 bits per heavy atom. The fourth-order valence-electron chi connectivity index (χ4n) is 1.28. The van der Waals surface area contributed by atoms with Gasteiger partial charge in [0.25, 0.3) is 0 Å². The van der Waals surface area contributed by atoms with Gasteiger partial charge in [-0.25, -0.2) is 0 Å². The first kappa shape index (κ1) is 10.7. The fraction of sp³-hybridized carbons (Fsp3) is 0.0833. The molecule has 4 heteroatoms. The van der Waals surface area contributed by atoms with E-state index in [-0.39, 0.29) is 11.6 Å². The molecule has 2 aromatic rings. The van der Waals surface area contributed by atoms with Crippen LogP contribution in [-0.4, -0.2) is 15.9 Å². The molecule has 0 amide bonds. The van der Waals surface area contributed by atoms with Gasteiger partial charge in [0.2, 0.25) is 5.78 Å². The van der Waals surface area contributed by atoms with Gasteiger partial charge in [0, 0.05) is 12.5 Å². The van der Waals surface area contributed by atoms with Crippen molar-refractivity contribution in [3.8, 4) is 0 Å². The highest BCUT2D eigenvalue weighted by molar-refractivity contribution is 7.08. The molecule has 80 valence electrons. The molecule has 2 rings (SSSR count). The number of benzene rings is 1. The average molecular weight is 231 g/mol. The van der Waals surface area contributed by atoms with E-state index in [9.17, 15) is 9.59 Å². The van der Waals surface area contributed by atoms with Crippen molar-refractivity contribution in [3.63, 3.8) is 0 Å². The van der Waals surface area contributed by atoms with Crippen molar-refractivity contribution in [2.45, 2.75) is 6.92 Å². The zero-order valence-corrected chi connectivity index (χ0v) is 9.45. The number of ketones is 2. The summed E-state index contributed by atoms with van der Waals surface area (Å²) in [5.74, 6) is -0.214. The van der Waals surface area contributed by atoms with E-state index in [1.807, 2.05) is 6.07 Å². The van der Waals surface area contributed by atoms with Crippen LogP contribution in [0.2, 0.25) is 0 Å². The summed E-state index contributed by atoms with van der Waals surface area (Å²) < 4.78 is 3.93. The van der Waals surface area contributed by atoms with Crippen LogP contribution < -0.4 is 0 Å². The van der Waals surface area contributed by atoms with E-state index < -0.39 is 0 Å². The molecule has 0 radical (unpaired) electrons. The predicted octanol–water partition coefficient (Wildman–Crippen LogP) is 2.58. The molecule has 0 aliphatic rings. The third-order valence-corrected chi connectivity index (χ3v) is 2.92. The average Bonchev–Trinajstić information content (AvgIpc) is 2.78. The number of hydrogen-bond acceptors (Lipinski definition) is 4. The molecule has 0 N–H and O–H groups in total. The van der Waals surface area contributed by atoms with Gasteiger partial charge < -0.3 is 0 Å². The van der Waals surface area contributed by atoms with Gasteiger partial charge in [-0.2, -0.15) is 4.37 Å². The minimum atomic E-state index is -0.122. The van der Waals surface area contributed by atoms with Crippen molar-refractivity contribution in [1.29, 1.82) is 0 Å². The first-order valence-electron chi connectivity index (χ1n) is 4.76. The number of Topliss-reactive ketones (excluding diaryl/α,β-unsaturated/α-hetero) is 1. The Hall–Kier alpha value is -1.81. The second-order valence-corrected chi connectivity index (χ2v) is 4.13. The zero-order chi connectivity index (χ0) is 11.5. The van der Waals surface area contributed by atoms with Crippen molar-refractivity contribution in [2.24, 2.45) is 0 Å². The molecule has 0 saturated carbocycles. The lowest BCUT2D eigenvalue weighted by Crippen LogP contribution is -1.98. The van der Waals surface area contributed by atoms with Crippen LogP contribution in [0, 0.1) is 0 Å². The molecular formula is C12H9NO2S. The highest BCUT2D eigenvalue weighted by Crippen LogP contribution is 2.15. The Labute approximate surface area is 96.9 Å². The van der Waals surface area contributed by atoms with E-state index >= 15 is 0 Å². The molecule has 0 aliphatic heterocycles. The van der Waals surface area contributed by atoms with E-state index in [1.165, 1.54) is 6.92 Å². The maximum Gasteiger partial charge on any atom is 0.204 e. The van der Waals surface area contributed by atoms with Gasteiger partial charge in [-0.15, -0.1) is 0 Å². The van der Waals surface area contributed by atoms with Crippen molar-refractivity contribution in [2.75, 3.05) is 0 Å². The van der Waals surface area contributed by atoms with Gasteiger partial charge >= 0.3 is 0 Å². The Kier molecular flexibility index (Phi) is 2.92. The number of carbonyl (C=O) groups excluding carboxylic acids is 2. The van der Waals surface area contributed by atoms with E-state index in [1.54, 1.807) is 30.3 Å². The molecule has 0 spiro atoms. The number of carbonyl (C=O) groups is 2. The summed E-state index contributed by atoms with van der Waals surface area (Å²) in [6.45, 7) is 1.44. The quantitative estimate of drug-likeness (QED) is 0.763. The summed E-state index contributed by atoms with van der Waals surface area (Å²) in [4.78, 5) is 23.5. The standard InChI is InChI=1S/C12H9NO2S/c1-8(14)10-7-11(16-13-10)12(15)9-5-3-2-4-6-9/h2-7H,1H3. The van der Waals surface area contributed by atoms with Crippen LogP contribution in [0.5, 0.6) is 0 Å². The SMILES string of the molecule is CC(=O)c1cc(C(=O)c2ccccc2)sn1. The van der Waals surface area contributed by atoms with Crippen LogP contribution in [0.4, 0.5) is 0 Å². The summed E-state index contributed by atoms with van der Waals surface area (Å²) in [5.41, 5.74) is 0.963. The van der Waals surface area contributed by atoms with E-state index in [4.69, 9.17) is 0 Å². The van der Waals surface area contributed by atoms with E-state index in [0.29, 0.717) is 16.1 Å². The molecule has 1 aromatic heterocycles. The summed E-state index contributed by atoms with van der Waals surface area (Å²) in [7, 11) is 0. The highest BCUT2D eigenvalue weighted by atomic mass is 32.1. The molecule has 1 aromatic carbocycles. The van der Waals surface area contributed by atoms with Crippen LogP contribution in [0.25, 0.3) is 0 Å². The van der Waals surface area contributed by atoms with Crippen LogP contribution in [0.1, 0.15) is 32.6 Å². The number of hydrogen-bond donors (Lipinski definition) is 0. The maximum absolute atomic E-state index is 11.9. The monoisotopic (exact) mass is 231 g/mol. The van der Waals surface area contributed by atoms with Gasteiger partial charge in [-0.05, 0) is 17.6 Å². The molecule has 0 saturated heterocycles. The normalized spacial score (nSPS) is 10.1. The lowest BCUT2D eigenvalue weighted by Gasteiger charge is -1.95. The van der Waals surface area contributed by atoms with Crippen LogP contribution in [0.15, 0.2) is 36.4 Å². The van der Waals surface area contributed by atoms with Gasteiger partial charge in [-0.1, -0.05) is 30.3 Å². The maximum atomic E-state index is 11.9. The van der Waals surface area contributed by atoms with Crippen molar-refractivity contribution < 1.29 is 9.59 Å². The Bertz CT molecular complexity index is 531. The summed E-state index contributed by atoms with van der Waals surface area (Å²) in [6.07, 6.45) is 0. The highest BCUT2D eigenvalue weighted by Gasteiger charge is 2.14. The third-order valence-electron chi connectivity index (χ3n) is 2.13. The first-order valence-corrected chi connectivity index (χ1v) is 5.53. The Balaban J connectivity index is 2.31. The third kappa shape index (κ3) is 2.06. The second kappa shape index (κ2) is 4.37. The molecule has 0 fully saturated rings. The molecule has 0 aliphatic carbocycles. The molecule has 1 heterocycles. The topological polar surface area (TPSA) is 47.0 Å². The number of rotatable bonds is 3. The van der Waals surface area contributed by atoms with Crippen molar-refractivity contribution in [3.05, 3.63) is 52.5 Å². The van der Waals surface area contributed by atoms with Gasteiger partial charge in [-0.3, -0.25) is 9.59 Å². The predicted molar refractivity (Wildman–Crippen MR) is 62.0 cm³/mol. The van der Waals surface area contributed by atoms with Crippen LogP contribution in [0.3, 0.4) is 0 Å². The molecule has 16 heavy (non-hydrogen) atoms. The first-order chi connectivity index (χ1) is 7.68. The lowest BCUT2D eigenvalue weighted by molar-refractivity contribution is 0.101. The zero-order valence-electron chi connectivity index (χ0n) is 8.64. The van der Waals surface area contributed by atoms with E-state index in [2.05, 4.69) is 4.37 Å². The largest absolute Gasteiger partial charge is 0.293 e.